The van der Waals surface area contributed by atoms with Crippen LogP contribution in [0.2, 0.25) is 0 Å². The van der Waals surface area contributed by atoms with E-state index in [1.807, 2.05) is 40.6 Å². The first kappa shape index (κ1) is 24.7. The summed E-state index contributed by atoms with van der Waals surface area (Å²) in [6.45, 7) is 5.79. The Labute approximate surface area is 217 Å². The number of aromatic nitrogens is 1. The molecular weight excluding hydrogens is 468 g/mol. The number of nitrogens with zero attached hydrogens (tertiary/aromatic N) is 4. The fourth-order valence-corrected chi connectivity index (χ4v) is 5.69. The van der Waals surface area contributed by atoms with Crippen LogP contribution in [0, 0.1) is 5.92 Å². The minimum absolute atomic E-state index is 0.0555. The van der Waals surface area contributed by atoms with E-state index in [-0.39, 0.29) is 18.4 Å². The summed E-state index contributed by atoms with van der Waals surface area (Å²) in [6, 6.07) is 16.3. The zero-order valence-corrected chi connectivity index (χ0v) is 21.4. The topological polar surface area (TPSA) is 59.9 Å². The number of hydrogen-bond donors (Lipinski definition) is 1. The monoisotopic (exact) mass is 502 g/mol. The van der Waals surface area contributed by atoms with Crippen molar-refractivity contribution in [3.05, 3.63) is 76.5 Å². The van der Waals surface area contributed by atoms with Crippen LogP contribution in [0.15, 0.2) is 65.4 Å². The third-order valence-electron chi connectivity index (χ3n) is 7.13. The lowest BCUT2D eigenvalue weighted by atomic mass is 9.98. The predicted molar refractivity (Wildman–Crippen MR) is 147 cm³/mol. The molecule has 2 fully saturated rings. The molecule has 0 saturated carbocycles. The standard InChI is InChI=1S/C29H34N4O2S/c34-21-24-9-5-14-33(20-24)28-26(10-11-27(30-28)25-12-19-36-22-25)29(35)32-17-15-31(16-18-32)13-4-8-23-6-2-1-3-7-23/h1-4,6-8,10-12,19,22,24,34H,5,9,13-18,20-21H2/b8-4+. The summed E-state index contributed by atoms with van der Waals surface area (Å²) in [5.41, 5.74) is 3.85. The van der Waals surface area contributed by atoms with Gasteiger partial charge in [0.2, 0.25) is 0 Å². The van der Waals surface area contributed by atoms with Gasteiger partial charge in [-0.3, -0.25) is 9.69 Å². The maximum atomic E-state index is 13.7. The summed E-state index contributed by atoms with van der Waals surface area (Å²) < 4.78 is 0. The third-order valence-corrected chi connectivity index (χ3v) is 7.82. The Kier molecular flexibility index (Phi) is 8.11. The molecule has 3 aromatic rings. The minimum Gasteiger partial charge on any atom is -0.396 e. The number of aliphatic hydroxyl groups is 1. The molecule has 2 aliphatic heterocycles. The van der Waals surface area contributed by atoms with Crippen LogP contribution >= 0.6 is 11.3 Å². The Morgan fingerprint density at radius 1 is 1.06 bits per heavy atom. The van der Waals surface area contributed by atoms with Gasteiger partial charge in [0.15, 0.2) is 0 Å². The number of rotatable bonds is 7. The van der Waals surface area contributed by atoms with Gasteiger partial charge in [-0.05, 0) is 47.9 Å². The molecular formula is C29H34N4O2S. The summed E-state index contributed by atoms with van der Waals surface area (Å²) in [6.07, 6.45) is 6.37. The summed E-state index contributed by atoms with van der Waals surface area (Å²) in [5, 5.41) is 13.9. The fourth-order valence-electron chi connectivity index (χ4n) is 5.04. The van der Waals surface area contributed by atoms with Gasteiger partial charge in [-0.2, -0.15) is 11.3 Å². The highest BCUT2D eigenvalue weighted by molar-refractivity contribution is 7.08. The SMILES string of the molecule is O=C(c1ccc(-c2ccsc2)nc1N1CCCC(CO)C1)N1CCN(C/C=C/c2ccccc2)CC1. The lowest BCUT2D eigenvalue weighted by Crippen LogP contribution is -2.49. The van der Waals surface area contributed by atoms with Gasteiger partial charge >= 0.3 is 0 Å². The number of pyridine rings is 1. The molecule has 1 unspecified atom stereocenters. The van der Waals surface area contributed by atoms with Gasteiger partial charge in [-0.15, -0.1) is 0 Å². The number of hydrogen-bond acceptors (Lipinski definition) is 6. The normalized spacial score (nSPS) is 19.2. The first-order chi connectivity index (χ1) is 17.7. The number of amides is 1. The van der Waals surface area contributed by atoms with Crippen molar-refractivity contribution in [2.45, 2.75) is 12.8 Å². The second-order valence-corrected chi connectivity index (χ2v) is 10.4. The third kappa shape index (κ3) is 5.86. The molecule has 0 spiro atoms. The van der Waals surface area contributed by atoms with Crippen LogP contribution in [-0.2, 0) is 0 Å². The van der Waals surface area contributed by atoms with E-state index in [1.54, 1.807) is 11.3 Å². The molecule has 1 N–H and O–H groups in total. The Bertz CT molecular complexity index is 1160. The number of anilines is 1. The van der Waals surface area contributed by atoms with E-state index in [1.165, 1.54) is 5.56 Å². The zero-order valence-electron chi connectivity index (χ0n) is 20.6. The van der Waals surface area contributed by atoms with Gasteiger partial charge in [0, 0.05) is 63.4 Å². The predicted octanol–water partition coefficient (Wildman–Crippen LogP) is 4.49. The van der Waals surface area contributed by atoms with Crippen molar-refractivity contribution in [1.82, 2.24) is 14.8 Å². The summed E-state index contributed by atoms with van der Waals surface area (Å²) in [5.74, 6) is 1.04. The van der Waals surface area contributed by atoms with E-state index in [4.69, 9.17) is 4.98 Å². The van der Waals surface area contributed by atoms with E-state index in [2.05, 4.69) is 45.5 Å². The molecule has 2 saturated heterocycles. The van der Waals surface area contributed by atoms with Crippen molar-refractivity contribution >= 4 is 29.1 Å². The van der Waals surface area contributed by atoms with Crippen LogP contribution in [0.3, 0.4) is 0 Å². The molecule has 0 aliphatic carbocycles. The van der Waals surface area contributed by atoms with Crippen LogP contribution < -0.4 is 4.90 Å². The fraction of sp³-hybridized carbons (Fsp3) is 0.379. The van der Waals surface area contributed by atoms with Gasteiger partial charge in [0.05, 0.1) is 11.3 Å². The molecule has 1 aromatic carbocycles. The number of carbonyl (C=O) groups excluding carboxylic acids is 1. The average Bonchev–Trinajstić information content (AvgIpc) is 3.49. The molecule has 5 rings (SSSR count). The van der Waals surface area contributed by atoms with E-state index in [9.17, 15) is 9.90 Å². The molecule has 6 nitrogen and oxygen atoms in total. The van der Waals surface area contributed by atoms with E-state index >= 15 is 0 Å². The summed E-state index contributed by atoms with van der Waals surface area (Å²) in [7, 11) is 0. The number of carbonyl (C=O) groups is 1. The molecule has 188 valence electrons. The molecule has 4 heterocycles. The number of piperidine rings is 1. The molecule has 1 amide bonds. The van der Waals surface area contributed by atoms with Crippen LogP contribution in [0.4, 0.5) is 5.82 Å². The minimum atomic E-state index is 0.0555. The number of thiophene rings is 1. The largest absolute Gasteiger partial charge is 0.396 e. The second-order valence-electron chi connectivity index (χ2n) is 9.62. The van der Waals surface area contributed by atoms with Crippen LogP contribution in [0.5, 0.6) is 0 Å². The van der Waals surface area contributed by atoms with Gasteiger partial charge in [0.25, 0.3) is 5.91 Å². The van der Waals surface area contributed by atoms with Crippen LogP contribution in [0.25, 0.3) is 17.3 Å². The first-order valence-corrected chi connectivity index (χ1v) is 13.8. The van der Waals surface area contributed by atoms with Crippen LogP contribution in [0.1, 0.15) is 28.8 Å². The second kappa shape index (κ2) is 11.8. The van der Waals surface area contributed by atoms with Crippen molar-refractivity contribution in [3.63, 3.8) is 0 Å². The van der Waals surface area contributed by atoms with Crippen molar-refractivity contribution in [1.29, 1.82) is 0 Å². The molecule has 0 radical (unpaired) electrons. The van der Waals surface area contributed by atoms with Crippen LogP contribution in [-0.4, -0.2) is 78.2 Å². The Hall–Kier alpha value is -3.00. The Morgan fingerprint density at radius 2 is 1.89 bits per heavy atom. The molecule has 1 atom stereocenters. The highest BCUT2D eigenvalue weighted by atomic mass is 32.1. The molecule has 0 bridgehead atoms. The highest BCUT2D eigenvalue weighted by Crippen LogP contribution is 2.30. The number of benzene rings is 1. The van der Waals surface area contributed by atoms with Crippen molar-refractivity contribution in [2.75, 3.05) is 57.3 Å². The van der Waals surface area contributed by atoms with Gasteiger partial charge in [-0.25, -0.2) is 4.98 Å². The highest BCUT2D eigenvalue weighted by Gasteiger charge is 2.28. The Balaban J connectivity index is 1.28. The van der Waals surface area contributed by atoms with E-state index < -0.39 is 0 Å². The van der Waals surface area contributed by atoms with E-state index in [0.717, 1.165) is 62.6 Å². The molecule has 2 aromatic heterocycles. The van der Waals surface area contributed by atoms with Gasteiger partial charge in [0.1, 0.15) is 5.82 Å². The maximum Gasteiger partial charge on any atom is 0.257 e. The molecule has 7 heteroatoms. The zero-order chi connectivity index (χ0) is 24.7. The van der Waals surface area contributed by atoms with Gasteiger partial charge < -0.3 is 14.9 Å². The number of piperazine rings is 1. The summed E-state index contributed by atoms with van der Waals surface area (Å²) >= 11 is 1.65. The summed E-state index contributed by atoms with van der Waals surface area (Å²) in [4.78, 5) is 25.3. The Morgan fingerprint density at radius 3 is 2.64 bits per heavy atom. The smallest absolute Gasteiger partial charge is 0.257 e. The van der Waals surface area contributed by atoms with Gasteiger partial charge in [-0.1, -0.05) is 42.5 Å². The quantitative estimate of drug-likeness (QED) is 0.516. The maximum absolute atomic E-state index is 13.7. The first-order valence-electron chi connectivity index (χ1n) is 12.8. The molecule has 36 heavy (non-hydrogen) atoms. The number of aliphatic hydroxyl groups excluding tert-OH is 1. The lowest BCUT2D eigenvalue weighted by molar-refractivity contribution is 0.0650. The van der Waals surface area contributed by atoms with Crippen molar-refractivity contribution < 1.29 is 9.90 Å². The molecule has 2 aliphatic rings. The lowest BCUT2D eigenvalue weighted by Gasteiger charge is -2.36. The average molecular weight is 503 g/mol. The van der Waals surface area contributed by atoms with Crippen molar-refractivity contribution in [2.24, 2.45) is 5.92 Å². The van der Waals surface area contributed by atoms with E-state index in [0.29, 0.717) is 18.7 Å². The van der Waals surface area contributed by atoms with Crippen molar-refractivity contribution in [3.8, 4) is 11.3 Å².